The van der Waals surface area contributed by atoms with Crippen molar-refractivity contribution in [2.75, 3.05) is 6.54 Å². The van der Waals surface area contributed by atoms with Crippen LogP contribution in [0.5, 0.6) is 0 Å². The van der Waals surface area contributed by atoms with Gasteiger partial charge in [-0.15, -0.1) is 11.6 Å². The average Bonchev–Trinajstić information content (AvgIpc) is 2.43. The monoisotopic (exact) mass is 296 g/mol. The summed E-state index contributed by atoms with van der Waals surface area (Å²) in [6.45, 7) is 5.28. The lowest BCUT2D eigenvalue weighted by Gasteiger charge is -2.40. The van der Waals surface area contributed by atoms with Crippen LogP contribution in [0.15, 0.2) is 24.3 Å². The number of piperidine rings is 1. The van der Waals surface area contributed by atoms with Crippen molar-refractivity contribution < 1.29 is 4.92 Å². The summed E-state index contributed by atoms with van der Waals surface area (Å²) < 4.78 is 0. The summed E-state index contributed by atoms with van der Waals surface area (Å²) in [6, 6.07) is 7.67. The summed E-state index contributed by atoms with van der Waals surface area (Å²) in [5, 5.41) is 10.5. The van der Waals surface area contributed by atoms with Gasteiger partial charge in [0.05, 0.1) is 10.3 Å². The molecule has 1 aromatic rings. The second-order valence-corrected chi connectivity index (χ2v) is 6.17. The average molecular weight is 297 g/mol. The van der Waals surface area contributed by atoms with Gasteiger partial charge in [0.1, 0.15) is 0 Å². The van der Waals surface area contributed by atoms with Crippen molar-refractivity contribution in [3.05, 3.63) is 39.9 Å². The third-order valence-corrected chi connectivity index (χ3v) is 4.60. The highest BCUT2D eigenvalue weighted by Gasteiger charge is 2.26. The summed E-state index contributed by atoms with van der Waals surface area (Å²) in [5.41, 5.74) is 1.06. The number of halogens is 1. The smallest absolute Gasteiger partial charge is 0.269 e. The summed E-state index contributed by atoms with van der Waals surface area (Å²) >= 11 is 6.49. The number of non-ortho nitro benzene ring substituents is 1. The molecule has 3 unspecified atom stereocenters. The Morgan fingerprint density at radius 2 is 1.85 bits per heavy atom. The van der Waals surface area contributed by atoms with E-state index in [1.165, 1.54) is 31.4 Å². The molecule has 1 fully saturated rings. The van der Waals surface area contributed by atoms with Crippen LogP contribution < -0.4 is 0 Å². The van der Waals surface area contributed by atoms with E-state index in [1.54, 1.807) is 12.1 Å². The molecule has 0 spiro atoms. The number of rotatable bonds is 4. The lowest BCUT2D eigenvalue weighted by molar-refractivity contribution is -0.384. The number of nitro groups is 1. The Morgan fingerprint density at radius 3 is 2.35 bits per heavy atom. The predicted octanol–water partition coefficient (Wildman–Crippen LogP) is 4.14. The molecule has 1 aliphatic rings. The Morgan fingerprint density at radius 1 is 1.30 bits per heavy atom. The van der Waals surface area contributed by atoms with Crippen LogP contribution in [0.3, 0.4) is 0 Å². The van der Waals surface area contributed by atoms with Crippen LogP contribution in [-0.4, -0.2) is 28.5 Å². The number of benzene rings is 1. The third kappa shape index (κ3) is 3.49. The summed E-state index contributed by atoms with van der Waals surface area (Å²) in [7, 11) is 0. The molecule has 2 rings (SSSR count). The highest BCUT2D eigenvalue weighted by molar-refractivity contribution is 6.21. The number of hydrogen-bond donors (Lipinski definition) is 0. The van der Waals surface area contributed by atoms with Crippen LogP contribution in [0.1, 0.15) is 44.1 Å². The topological polar surface area (TPSA) is 46.4 Å². The molecule has 110 valence electrons. The second kappa shape index (κ2) is 6.55. The Labute approximate surface area is 124 Å². The van der Waals surface area contributed by atoms with E-state index < -0.39 is 0 Å². The Hall–Kier alpha value is -1.13. The van der Waals surface area contributed by atoms with Crippen molar-refractivity contribution in [1.82, 2.24) is 4.90 Å². The number of nitrogens with zero attached hydrogens (tertiary/aromatic N) is 2. The first-order chi connectivity index (χ1) is 9.49. The molecule has 1 aliphatic heterocycles. The molecule has 0 aliphatic carbocycles. The van der Waals surface area contributed by atoms with Gasteiger partial charge in [-0.1, -0.05) is 18.6 Å². The molecule has 0 amide bonds. The van der Waals surface area contributed by atoms with Crippen LogP contribution in [0, 0.1) is 10.1 Å². The lowest BCUT2D eigenvalue weighted by Crippen LogP contribution is -2.45. The normalized spacial score (nSPS) is 25.4. The second-order valence-electron chi connectivity index (χ2n) is 5.64. The molecule has 0 N–H and O–H groups in total. The van der Waals surface area contributed by atoms with Crippen molar-refractivity contribution in [3.8, 4) is 0 Å². The van der Waals surface area contributed by atoms with E-state index in [9.17, 15) is 10.1 Å². The molecule has 0 bridgehead atoms. The highest BCUT2D eigenvalue weighted by atomic mass is 35.5. The van der Waals surface area contributed by atoms with Crippen molar-refractivity contribution in [2.24, 2.45) is 0 Å². The number of likely N-dealkylation sites (tertiary alicyclic amines) is 1. The first-order valence-electron chi connectivity index (χ1n) is 7.13. The summed E-state index contributed by atoms with van der Waals surface area (Å²) in [6.07, 6.45) is 3.71. The largest absolute Gasteiger partial charge is 0.296 e. The van der Waals surface area contributed by atoms with E-state index in [4.69, 9.17) is 11.6 Å². The minimum Gasteiger partial charge on any atom is -0.296 e. The van der Waals surface area contributed by atoms with E-state index in [1.807, 2.05) is 0 Å². The van der Waals surface area contributed by atoms with Crippen LogP contribution >= 0.6 is 11.6 Å². The maximum atomic E-state index is 10.6. The van der Waals surface area contributed by atoms with Gasteiger partial charge in [0.25, 0.3) is 5.69 Å². The van der Waals surface area contributed by atoms with Crippen molar-refractivity contribution >= 4 is 17.3 Å². The number of hydrogen-bond acceptors (Lipinski definition) is 3. The maximum absolute atomic E-state index is 10.6. The fourth-order valence-corrected chi connectivity index (χ4v) is 3.23. The first-order valence-corrected chi connectivity index (χ1v) is 7.57. The molecular formula is C15H21ClN2O2. The van der Waals surface area contributed by atoms with Crippen molar-refractivity contribution in [2.45, 2.75) is 50.6 Å². The minimum atomic E-state index is -0.387. The van der Waals surface area contributed by atoms with Gasteiger partial charge in [-0.2, -0.15) is 0 Å². The Kier molecular flexibility index (Phi) is 5.00. The standard InChI is InChI=1S/C15H21ClN2O2/c1-11-4-3-5-12(2)17(11)10-15(16)13-6-8-14(9-7-13)18(19)20/h6-9,11-12,15H,3-5,10H2,1-2H3. The SMILES string of the molecule is CC1CCCC(C)N1CC(Cl)c1ccc([N+](=O)[O-])cc1. The zero-order chi connectivity index (χ0) is 14.7. The number of alkyl halides is 1. The van der Waals surface area contributed by atoms with Gasteiger partial charge < -0.3 is 0 Å². The van der Waals surface area contributed by atoms with E-state index in [0.29, 0.717) is 12.1 Å². The van der Waals surface area contributed by atoms with Gasteiger partial charge in [-0.05, 0) is 32.3 Å². The predicted molar refractivity (Wildman–Crippen MR) is 81.2 cm³/mol. The molecule has 1 heterocycles. The molecule has 0 radical (unpaired) electrons. The van der Waals surface area contributed by atoms with Gasteiger partial charge in [0.2, 0.25) is 0 Å². The molecule has 3 atom stereocenters. The van der Waals surface area contributed by atoms with Gasteiger partial charge in [-0.25, -0.2) is 0 Å². The minimum absolute atomic E-state index is 0.109. The fraction of sp³-hybridized carbons (Fsp3) is 0.600. The summed E-state index contributed by atoms with van der Waals surface area (Å²) in [5.74, 6) is 0. The molecule has 1 saturated heterocycles. The molecule has 0 aromatic heterocycles. The Balaban J connectivity index is 2.03. The van der Waals surface area contributed by atoms with E-state index in [2.05, 4.69) is 18.7 Å². The van der Waals surface area contributed by atoms with Gasteiger partial charge in [-0.3, -0.25) is 15.0 Å². The molecule has 20 heavy (non-hydrogen) atoms. The zero-order valence-corrected chi connectivity index (χ0v) is 12.7. The van der Waals surface area contributed by atoms with Crippen LogP contribution in [-0.2, 0) is 0 Å². The molecule has 4 nitrogen and oxygen atoms in total. The van der Waals surface area contributed by atoms with Gasteiger partial charge >= 0.3 is 0 Å². The number of nitro benzene ring substituents is 1. The molecular weight excluding hydrogens is 276 g/mol. The van der Waals surface area contributed by atoms with Gasteiger partial charge in [0.15, 0.2) is 0 Å². The van der Waals surface area contributed by atoms with E-state index in [-0.39, 0.29) is 16.0 Å². The third-order valence-electron chi connectivity index (χ3n) is 4.21. The van der Waals surface area contributed by atoms with E-state index >= 15 is 0 Å². The highest BCUT2D eigenvalue weighted by Crippen LogP contribution is 2.29. The maximum Gasteiger partial charge on any atom is 0.269 e. The summed E-state index contributed by atoms with van der Waals surface area (Å²) in [4.78, 5) is 12.7. The molecule has 1 aromatic carbocycles. The van der Waals surface area contributed by atoms with Crippen molar-refractivity contribution in [1.29, 1.82) is 0 Å². The Bertz CT molecular complexity index is 453. The molecule has 0 saturated carbocycles. The lowest BCUT2D eigenvalue weighted by atomic mass is 9.96. The zero-order valence-electron chi connectivity index (χ0n) is 12.0. The van der Waals surface area contributed by atoms with Gasteiger partial charge in [0, 0.05) is 30.8 Å². The van der Waals surface area contributed by atoms with E-state index in [0.717, 1.165) is 12.1 Å². The van der Waals surface area contributed by atoms with Crippen molar-refractivity contribution in [3.63, 3.8) is 0 Å². The van der Waals surface area contributed by atoms with Crippen LogP contribution in [0.4, 0.5) is 5.69 Å². The fourth-order valence-electron chi connectivity index (χ4n) is 2.93. The van der Waals surface area contributed by atoms with Crippen LogP contribution in [0.25, 0.3) is 0 Å². The molecule has 5 heteroatoms. The quantitative estimate of drug-likeness (QED) is 0.476. The first kappa shape index (κ1) is 15.3. The van der Waals surface area contributed by atoms with Crippen LogP contribution in [0.2, 0.25) is 0 Å².